The predicted octanol–water partition coefficient (Wildman–Crippen LogP) is -0.271. The Morgan fingerprint density at radius 2 is 2.23 bits per heavy atom. The molecule has 0 amide bonds. The van der Waals surface area contributed by atoms with Gasteiger partial charge >= 0.3 is 0 Å². The van der Waals surface area contributed by atoms with Gasteiger partial charge in [0.2, 0.25) is 0 Å². The van der Waals surface area contributed by atoms with Crippen LogP contribution in [-0.4, -0.2) is 31.1 Å². The van der Waals surface area contributed by atoms with Crippen LogP contribution in [0.4, 0.5) is 0 Å². The molecule has 4 nitrogen and oxygen atoms in total. The van der Waals surface area contributed by atoms with E-state index in [1.807, 2.05) is 24.1 Å². The second-order valence-corrected chi connectivity index (χ2v) is 2.64. The summed E-state index contributed by atoms with van der Waals surface area (Å²) < 4.78 is 0. The molecule has 0 spiro atoms. The smallest absolute Gasteiger partial charge is 0.187 e. The third-order valence-corrected chi connectivity index (χ3v) is 1.31. The topological polar surface area (TPSA) is 67.6 Å². The van der Waals surface area contributed by atoms with E-state index >= 15 is 0 Å². The van der Waals surface area contributed by atoms with Gasteiger partial charge in [0.25, 0.3) is 0 Å². The number of nitrogens with zero attached hydrogens (tertiary/aromatic N) is 2. The molecule has 0 rings (SSSR count). The van der Waals surface area contributed by atoms with Gasteiger partial charge in [-0.25, -0.2) is 4.99 Å². The molecule has 0 aromatic heterocycles. The molecule has 0 bridgehead atoms. The molecule has 0 atom stereocenters. The molecule has 0 unspecified atom stereocenters. The zero-order valence-corrected chi connectivity index (χ0v) is 7.90. The quantitative estimate of drug-likeness (QED) is 0.265. The second-order valence-electron chi connectivity index (χ2n) is 2.64. The summed E-state index contributed by atoms with van der Waals surface area (Å²) in [5, 5.41) is 0. The third kappa shape index (κ3) is 8.44. The van der Waals surface area contributed by atoms with Gasteiger partial charge in [0.1, 0.15) is 0 Å². The maximum atomic E-state index is 5.17. The summed E-state index contributed by atoms with van der Waals surface area (Å²) in [7, 11) is 1.92. The summed E-state index contributed by atoms with van der Waals surface area (Å²) in [6.45, 7) is 1.29. The molecule has 0 aliphatic rings. The molecule has 0 saturated heterocycles. The first-order valence-corrected chi connectivity index (χ1v) is 3.99. The van der Waals surface area contributed by atoms with Crippen LogP contribution >= 0.6 is 0 Å². The minimum Gasteiger partial charge on any atom is -0.370 e. The number of allylic oxidation sites excluding steroid dienone is 1. The molecule has 0 aliphatic heterocycles. The number of nitrogens with two attached hydrogens (primary N) is 2. The number of guanidine groups is 1. The van der Waals surface area contributed by atoms with Crippen LogP contribution in [0.25, 0.3) is 0 Å². The van der Waals surface area contributed by atoms with Crippen molar-refractivity contribution in [3.8, 4) is 12.3 Å². The fourth-order valence-corrected chi connectivity index (χ4v) is 0.666. The van der Waals surface area contributed by atoms with E-state index in [0.717, 1.165) is 6.54 Å². The zero-order chi connectivity index (χ0) is 10.1. The van der Waals surface area contributed by atoms with Crippen LogP contribution in [0.5, 0.6) is 0 Å². The minimum absolute atomic E-state index is 0.111. The molecule has 0 aliphatic carbocycles. The maximum absolute atomic E-state index is 5.17. The van der Waals surface area contributed by atoms with Crippen molar-refractivity contribution >= 4 is 5.96 Å². The van der Waals surface area contributed by atoms with Gasteiger partial charge < -0.3 is 11.5 Å². The van der Waals surface area contributed by atoms with Gasteiger partial charge in [0, 0.05) is 13.0 Å². The molecule has 13 heavy (non-hydrogen) atoms. The first kappa shape index (κ1) is 11.5. The van der Waals surface area contributed by atoms with Gasteiger partial charge in [-0.2, -0.15) is 0 Å². The van der Waals surface area contributed by atoms with E-state index in [4.69, 9.17) is 17.9 Å². The summed E-state index contributed by atoms with van der Waals surface area (Å²) in [5.41, 5.74) is 10.3. The van der Waals surface area contributed by atoms with E-state index in [2.05, 4.69) is 10.9 Å². The molecular formula is C9H16N4. The van der Waals surface area contributed by atoms with Gasteiger partial charge in [0.05, 0.1) is 6.67 Å². The Labute approximate surface area is 79.3 Å². The van der Waals surface area contributed by atoms with Gasteiger partial charge in [-0.3, -0.25) is 4.90 Å². The number of hydrogen-bond acceptors (Lipinski definition) is 2. The number of terminal acetylenes is 1. The first-order chi connectivity index (χ1) is 6.16. The molecular weight excluding hydrogens is 164 g/mol. The summed E-state index contributed by atoms with van der Waals surface area (Å²) in [6, 6.07) is 0. The van der Waals surface area contributed by atoms with E-state index in [9.17, 15) is 0 Å². The molecule has 0 radical (unpaired) electrons. The second kappa shape index (κ2) is 7.19. The van der Waals surface area contributed by atoms with Gasteiger partial charge in [-0.15, -0.1) is 12.3 Å². The van der Waals surface area contributed by atoms with Crippen molar-refractivity contribution in [1.82, 2.24) is 4.90 Å². The average Bonchev–Trinajstić information content (AvgIpc) is 2.09. The van der Waals surface area contributed by atoms with Crippen LogP contribution < -0.4 is 11.5 Å². The van der Waals surface area contributed by atoms with E-state index in [1.165, 1.54) is 0 Å². The highest BCUT2D eigenvalue weighted by atomic mass is 15.2. The standard InChI is InChI=1S/C9H16N4/c1-3-4-5-6-7-13(2)8-12-9(10)11/h1,5-6H,4,7-8H2,2H3,(H4,10,11,12)/b6-5+. The molecule has 4 heteroatoms. The molecule has 4 N–H and O–H groups in total. The summed E-state index contributed by atoms with van der Waals surface area (Å²) in [6.07, 6.45) is 9.66. The third-order valence-electron chi connectivity index (χ3n) is 1.31. The maximum Gasteiger partial charge on any atom is 0.187 e. The lowest BCUT2D eigenvalue weighted by atomic mass is 10.4. The Morgan fingerprint density at radius 3 is 2.77 bits per heavy atom. The fraction of sp³-hybridized carbons (Fsp3) is 0.444. The predicted molar refractivity (Wildman–Crippen MR) is 55.9 cm³/mol. The van der Waals surface area contributed by atoms with Crippen molar-refractivity contribution in [1.29, 1.82) is 0 Å². The molecule has 0 aromatic carbocycles. The largest absolute Gasteiger partial charge is 0.370 e. The van der Waals surface area contributed by atoms with Crippen molar-refractivity contribution < 1.29 is 0 Å². The summed E-state index contributed by atoms with van der Waals surface area (Å²) in [4.78, 5) is 5.81. The molecule has 0 heterocycles. The molecule has 0 fully saturated rings. The van der Waals surface area contributed by atoms with Crippen molar-refractivity contribution in [2.75, 3.05) is 20.3 Å². The first-order valence-electron chi connectivity index (χ1n) is 3.99. The van der Waals surface area contributed by atoms with Crippen LogP contribution in [0.1, 0.15) is 6.42 Å². The van der Waals surface area contributed by atoms with Crippen LogP contribution in [0, 0.1) is 12.3 Å². The Bertz CT molecular complexity index is 220. The van der Waals surface area contributed by atoms with Gasteiger partial charge in [0.15, 0.2) is 5.96 Å². The Hall–Kier alpha value is -1.47. The number of aliphatic imine (C=N–C) groups is 1. The van der Waals surface area contributed by atoms with E-state index in [1.54, 1.807) is 0 Å². The van der Waals surface area contributed by atoms with Crippen LogP contribution in [-0.2, 0) is 0 Å². The Balaban J connectivity index is 3.58. The average molecular weight is 180 g/mol. The summed E-state index contributed by atoms with van der Waals surface area (Å²) in [5.74, 6) is 2.63. The SMILES string of the molecule is C#CC/C=C/CN(C)CN=C(N)N. The van der Waals surface area contributed by atoms with Gasteiger partial charge in [-0.1, -0.05) is 12.2 Å². The minimum atomic E-state index is 0.111. The van der Waals surface area contributed by atoms with Crippen molar-refractivity contribution in [3.63, 3.8) is 0 Å². The zero-order valence-electron chi connectivity index (χ0n) is 7.90. The van der Waals surface area contributed by atoms with Crippen molar-refractivity contribution in [3.05, 3.63) is 12.2 Å². The van der Waals surface area contributed by atoms with Crippen molar-refractivity contribution in [2.45, 2.75) is 6.42 Å². The lowest BCUT2D eigenvalue weighted by Crippen LogP contribution is -2.27. The highest BCUT2D eigenvalue weighted by molar-refractivity contribution is 5.75. The lowest BCUT2D eigenvalue weighted by Gasteiger charge is -2.10. The molecule has 0 saturated carbocycles. The normalized spacial score (nSPS) is 10.2. The number of hydrogen-bond donors (Lipinski definition) is 2. The van der Waals surface area contributed by atoms with E-state index in [-0.39, 0.29) is 5.96 Å². The molecule has 72 valence electrons. The molecule has 0 aromatic rings. The summed E-state index contributed by atoms with van der Waals surface area (Å²) >= 11 is 0. The Kier molecular flexibility index (Phi) is 6.38. The Morgan fingerprint density at radius 1 is 1.54 bits per heavy atom. The van der Waals surface area contributed by atoms with Gasteiger partial charge in [-0.05, 0) is 7.05 Å². The van der Waals surface area contributed by atoms with Crippen LogP contribution in [0.3, 0.4) is 0 Å². The van der Waals surface area contributed by atoms with E-state index < -0.39 is 0 Å². The highest BCUT2D eigenvalue weighted by Gasteiger charge is 1.91. The van der Waals surface area contributed by atoms with Crippen LogP contribution in [0.15, 0.2) is 17.1 Å². The van der Waals surface area contributed by atoms with Crippen molar-refractivity contribution in [2.24, 2.45) is 16.5 Å². The fourth-order valence-electron chi connectivity index (χ4n) is 0.666. The highest BCUT2D eigenvalue weighted by Crippen LogP contribution is 1.85. The lowest BCUT2D eigenvalue weighted by molar-refractivity contribution is 0.383. The monoisotopic (exact) mass is 180 g/mol. The van der Waals surface area contributed by atoms with Crippen LogP contribution in [0.2, 0.25) is 0 Å². The number of likely N-dealkylation sites (N-methyl/N-ethyl adjacent to an activating group) is 1. The van der Waals surface area contributed by atoms with E-state index in [0.29, 0.717) is 13.1 Å². The number of rotatable bonds is 5.